The number of allylic oxidation sites excluding steroid dienone is 2. The van der Waals surface area contributed by atoms with Crippen LogP contribution in [0.5, 0.6) is 0 Å². The van der Waals surface area contributed by atoms with Crippen LogP contribution in [0.4, 0.5) is 5.13 Å². The Morgan fingerprint density at radius 2 is 1.86 bits per heavy atom. The summed E-state index contributed by atoms with van der Waals surface area (Å²) in [6.07, 6.45) is 5.14. The number of carbonyl (C=O) groups is 3. The van der Waals surface area contributed by atoms with Crippen molar-refractivity contribution in [2.24, 2.45) is 11.8 Å². The van der Waals surface area contributed by atoms with Gasteiger partial charge in [-0.2, -0.15) is 0 Å². The van der Waals surface area contributed by atoms with E-state index in [-0.39, 0.29) is 42.5 Å². The molecule has 4 rings (SSSR count). The number of imide groups is 1. The largest absolute Gasteiger partial charge is 0.302 e. The lowest BCUT2D eigenvalue weighted by Crippen LogP contribution is -2.34. The molecule has 2 heterocycles. The van der Waals surface area contributed by atoms with Gasteiger partial charge >= 0.3 is 0 Å². The number of amides is 3. The highest BCUT2D eigenvalue weighted by Gasteiger charge is 2.46. The fourth-order valence-corrected chi connectivity index (χ4v) is 4.57. The summed E-state index contributed by atoms with van der Waals surface area (Å²) in [7, 11) is 0. The number of halogens is 1. The third-order valence-electron chi connectivity index (χ3n) is 5.06. The van der Waals surface area contributed by atoms with E-state index in [1.54, 1.807) is 6.07 Å². The van der Waals surface area contributed by atoms with E-state index in [2.05, 4.69) is 10.3 Å². The van der Waals surface area contributed by atoms with E-state index in [1.807, 2.05) is 35.7 Å². The van der Waals surface area contributed by atoms with Crippen LogP contribution >= 0.6 is 22.9 Å². The average molecular weight is 416 g/mol. The summed E-state index contributed by atoms with van der Waals surface area (Å²) in [6, 6.07) is 7.36. The quantitative estimate of drug-likeness (QED) is 0.595. The summed E-state index contributed by atoms with van der Waals surface area (Å²) >= 11 is 7.48. The van der Waals surface area contributed by atoms with Crippen molar-refractivity contribution in [3.8, 4) is 11.3 Å². The molecule has 1 saturated heterocycles. The molecular formula is C20H18ClN3O3S. The van der Waals surface area contributed by atoms with Gasteiger partial charge in [-0.25, -0.2) is 4.98 Å². The van der Waals surface area contributed by atoms with Crippen molar-refractivity contribution in [3.05, 3.63) is 46.8 Å². The van der Waals surface area contributed by atoms with Gasteiger partial charge in [0.05, 0.1) is 17.5 Å². The molecule has 1 aliphatic heterocycles. The molecule has 3 amide bonds. The number of aromatic nitrogens is 1. The molecule has 0 saturated carbocycles. The Morgan fingerprint density at radius 1 is 1.18 bits per heavy atom. The molecule has 2 aliphatic rings. The van der Waals surface area contributed by atoms with Crippen LogP contribution in [0, 0.1) is 11.8 Å². The van der Waals surface area contributed by atoms with Gasteiger partial charge in [0.2, 0.25) is 17.7 Å². The monoisotopic (exact) mass is 415 g/mol. The fourth-order valence-electron chi connectivity index (χ4n) is 3.61. The van der Waals surface area contributed by atoms with Crippen LogP contribution in [0.3, 0.4) is 0 Å². The third kappa shape index (κ3) is 3.59. The molecule has 1 aliphatic carbocycles. The highest BCUT2D eigenvalue weighted by atomic mass is 35.5. The van der Waals surface area contributed by atoms with Gasteiger partial charge in [0.25, 0.3) is 0 Å². The molecule has 1 fully saturated rings. The zero-order chi connectivity index (χ0) is 19.7. The topological polar surface area (TPSA) is 79.4 Å². The van der Waals surface area contributed by atoms with E-state index >= 15 is 0 Å². The number of hydrogen-bond acceptors (Lipinski definition) is 5. The summed E-state index contributed by atoms with van der Waals surface area (Å²) in [6.45, 7) is 0.0965. The maximum Gasteiger partial charge on any atom is 0.233 e. The van der Waals surface area contributed by atoms with Gasteiger partial charge in [-0.15, -0.1) is 11.3 Å². The molecule has 0 spiro atoms. The van der Waals surface area contributed by atoms with Crippen molar-refractivity contribution in [1.82, 2.24) is 9.88 Å². The number of likely N-dealkylation sites (tertiary alicyclic amines) is 1. The molecule has 6 nitrogen and oxygen atoms in total. The molecule has 2 atom stereocenters. The minimum absolute atomic E-state index is 0.0470. The Labute approximate surface area is 171 Å². The molecule has 28 heavy (non-hydrogen) atoms. The van der Waals surface area contributed by atoms with Crippen molar-refractivity contribution in [2.45, 2.75) is 19.3 Å². The van der Waals surface area contributed by atoms with E-state index < -0.39 is 0 Å². The van der Waals surface area contributed by atoms with Crippen molar-refractivity contribution >= 4 is 45.8 Å². The van der Waals surface area contributed by atoms with E-state index in [0.29, 0.717) is 28.7 Å². The van der Waals surface area contributed by atoms with Crippen molar-refractivity contribution in [2.75, 3.05) is 11.9 Å². The molecule has 2 aromatic rings. The smallest absolute Gasteiger partial charge is 0.233 e. The number of hydrogen-bond donors (Lipinski definition) is 1. The number of anilines is 1. The third-order valence-corrected chi connectivity index (χ3v) is 6.15. The summed E-state index contributed by atoms with van der Waals surface area (Å²) in [5.74, 6) is -1.14. The lowest BCUT2D eigenvalue weighted by Gasteiger charge is -2.14. The number of fused-ring (bicyclic) bond motifs is 1. The van der Waals surface area contributed by atoms with E-state index in [4.69, 9.17) is 11.6 Å². The summed E-state index contributed by atoms with van der Waals surface area (Å²) in [5.41, 5.74) is 1.48. The Hall–Kier alpha value is -2.51. The Balaban J connectivity index is 1.35. The zero-order valence-corrected chi connectivity index (χ0v) is 16.5. The summed E-state index contributed by atoms with van der Waals surface area (Å²) < 4.78 is 0. The van der Waals surface area contributed by atoms with Crippen molar-refractivity contribution in [1.29, 1.82) is 0 Å². The van der Waals surface area contributed by atoms with E-state index in [0.717, 1.165) is 5.56 Å². The highest BCUT2D eigenvalue weighted by molar-refractivity contribution is 7.14. The Morgan fingerprint density at radius 3 is 2.54 bits per heavy atom. The van der Waals surface area contributed by atoms with Crippen LogP contribution in [0.1, 0.15) is 19.3 Å². The van der Waals surface area contributed by atoms with Crippen LogP contribution in [0.15, 0.2) is 41.8 Å². The number of nitrogens with zero attached hydrogens (tertiary/aromatic N) is 2. The second-order valence-electron chi connectivity index (χ2n) is 6.80. The number of benzene rings is 1. The van der Waals surface area contributed by atoms with E-state index in [1.165, 1.54) is 16.2 Å². The second-order valence-corrected chi connectivity index (χ2v) is 8.07. The number of carbonyl (C=O) groups excluding carboxylic acids is 3. The first-order valence-corrected chi connectivity index (χ1v) is 10.3. The van der Waals surface area contributed by atoms with Gasteiger partial charge in [-0.05, 0) is 18.9 Å². The lowest BCUT2D eigenvalue weighted by molar-refractivity contribution is -0.140. The summed E-state index contributed by atoms with van der Waals surface area (Å²) in [5, 5.41) is 5.60. The maximum atomic E-state index is 12.4. The molecule has 0 radical (unpaired) electrons. The minimum Gasteiger partial charge on any atom is -0.302 e. The number of nitrogens with one attached hydrogen (secondary N) is 1. The van der Waals surface area contributed by atoms with Crippen molar-refractivity contribution < 1.29 is 14.4 Å². The van der Waals surface area contributed by atoms with E-state index in [9.17, 15) is 14.4 Å². The van der Waals surface area contributed by atoms with Gasteiger partial charge in [-0.3, -0.25) is 19.3 Å². The molecule has 144 valence electrons. The molecular weight excluding hydrogens is 398 g/mol. The Kier molecular flexibility index (Phi) is 5.28. The van der Waals surface area contributed by atoms with Gasteiger partial charge in [0.1, 0.15) is 0 Å². The average Bonchev–Trinajstić information content (AvgIpc) is 3.24. The lowest BCUT2D eigenvalue weighted by atomic mass is 9.85. The molecule has 1 N–H and O–H groups in total. The van der Waals surface area contributed by atoms with Crippen LogP contribution in [-0.2, 0) is 14.4 Å². The molecule has 1 aromatic carbocycles. The van der Waals surface area contributed by atoms with Crippen molar-refractivity contribution in [3.63, 3.8) is 0 Å². The van der Waals surface area contributed by atoms with Gasteiger partial charge < -0.3 is 5.32 Å². The molecule has 1 aromatic heterocycles. The predicted octanol–water partition coefficient (Wildman–Crippen LogP) is 3.74. The second kappa shape index (κ2) is 7.85. The van der Waals surface area contributed by atoms with Gasteiger partial charge in [-0.1, -0.05) is 42.0 Å². The normalized spacial score (nSPS) is 21.1. The number of thiazole rings is 1. The Bertz CT molecular complexity index is 945. The van der Waals surface area contributed by atoms with Crippen LogP contribution < -0.4 is 5.32 Å². The van der Waals surface area contributed by atoms with Gasteiger partial charge in [0, 0.05) is 28.9 Å². The first-order chi connectivity index (χ1) is 13.5. The minimum atomic E-state index is -0.284. The highest BCUT2D eigenvalue weighted by Crippen LogP contribution is 2.35. The molecule has 8 heteroatoms. The molecule has 0 unspecified atom stereocenters. The summed E-state index contributed by atoms with van der Waals surface area (Å²) in [4.78, 5) is 42.8. The standard InChI is InChI=1S/C20H18ClN3O3S/c21-15-8-4-3-7-14(15)16-11-28-20(22-16)23-17(25)9-10-24-18(26)12-5-1-2-6-13(12)19(24)27/h1-4,7-8,11-13H,5-6,9-10H2,(H,22,23,25)/t12-,13-/m1/s1. The first-order valence-electron chi connectivity index (χ1n) is 9.05. The number of rotatable bonds is 5. The maximum absolute atomic E-state index is 12.4. The van der Waals surface area contributed by atoms with Crippen LogP contribution in [0.2, 0.25) is 5.02 Å². The van der Waals surface area contributed by atoms with Gasteiger partial charge in [0.15, 0.2) is 5.13 Å². The van der Waals surface area contributed by atoms with Crippen LogP contribution in [-0.4, -0.2) is 34.2 Å². The SMILES string of the molecule is O=C(CCN1C(=O)[C@@H]2CC=CC[C@H]2C1=O)Nc1nc(-c2ccccc2Cl)cs1. The fraction of sp³-hybridized carbons (Fsp3) is 0.300. The predicted molar refractivity (Wildman–Crippen MR) is 108 cm³/mol. The zero-order valence-electron chi connectivity index (χ0n) is 14.9. The molecule has 0 bridgehead atoms. The first kappa shape index (κ1) is 18.8. The van der Waals surface area contributed by atoms with Crippen LogP contribution in [0.25, 0.3) is 11.3 Å².